The molecule has 0 spiro atoms. The second-order valence-corrected chi connectivity index (χ2v) is 5.99. The van der Waals surface area contributed by atoms with Gasteiger partial charge in [0.25, 0.3) is 0 Å². The van der Waals surface area contributed by atoms with E-state index >= 15 is 0 Å². The van der Waals surface area contributed by atoms with Crippen molar-refractivity contribution in [3.05, 3.63) is 70.8 Å². The van der Waals surface area contributed by atoms with E-state index in [2.05, 4.69) is 10.2 Å². The number of carbonyl (C=O) groups excluding carboxylic acids is 1. The highest BCUT2D eigenvalue weighted by Crippen LogP contribution is 2.13. The van der Waals surface area contributed by atoms with Crippen LogP contribution in [0.25, 0.3) is 6.08 Å². The van der Waals surface area contributed by atoms with Gasteiger partial charge < -0.3 is 10.2 Å². The number of nitrogens with zero attached hydrogens (tertiary/aromatic N) is 1. The minimum Gasteiger partial charge on any atom is -0.384 e. The van der Waals surface area contributed by atoms with E-state index in [-0.39, 0.29) is 5.78 Å². The molecule has 0 aliphatic carbocycles. The third kappa shape index (κ3) is 5.89. The van der Waals surface area contributed by atoms with Crippen molar-refractivity contribution in [3.8, 4) is 0 Å². The molecule has 2 rings (SSSR count). The number of halogens is 1. The average Bonchev–Trinajstić information content (AvgIpc) is 2.54. The summed E-state index contributed by atoms with van der Waals surface area (Å²) < 4.78 is 0. The first-order valence-electron chi connectivity index (χ1n) is 7.51. The third-order valence-corrected chi connectivity index (χ3v) is 3.61. The van der Waals surface area contributed by atoms with E-state index in [0.29, 0.717) is 10.6 Å². The Hall–Kier alpha value is -2.10. The van der Waals surface area contributed by atoms with Gasteiger partial charge in [0.2, 0.25) is 0 Å². The van der Waals surface area contributed by atoms with E-state index in [1.54, 1.807) is 30.3 Å². The van der Waals surface area contributed by atoms with E-state index in [1.165, 1.54) is 0 Å². The molecule has 3 nitrogen and oxygen atoms in total. The fraction of sp³-hybridized carbons (Fsp3) is 0.211. The standard InChI is InChI=1S/C19H21ClN2O/c1-22(2)14-13-21-18-10-3-15(4-11-18)5-12-19(23)16-6-8-17(20)9-7-16/h3-12,21H,13-14H2,1-2H3/b12-5+. The van der Waals surface area contributed by atoms with E-state index < -0.39 is 0 Å². The number of benzene rings is 2. The van der Waals surface area contributed by atoms with Crippen LogP contribution in [0.1, 0.15) is 15.9 Å². The fourth-order valence-corrected chi connectivity index (χ4v) is 2.14. The SMILES string of the molecule is CN(C)CCNc1ccc(/C=C/C(=O)c2ccc(Cl)cc2)cc1. The Morgan fingerprint density at radius 3 is 2.35 bits per heavy atom. The highest BCUT2D eigenvalue weighted by atomic mass is 35.5. The molecule has 0 aromatic heterocycles. The van der Waals surface area contributed by atoms with Crippen LogP contribution in [0.5, 0.6) is 0 Å². The molecule has 0 aliphatic rings. The van der Waals surface area contributed by atoms with Crippen LogP contribution >= 0.6 is 11.6 Å². The Bertz CT molecular complexity index is 661. The van der Waals surface area contributed by atoms with E-state index in [4.69, 9.17) is 11.6 Å². The van der Waals surface area contributed by atoms with Crippen LogP contribution < -0.4 is 5.32 Å². The van der Waals surface area contributed by atoms with Crippen molar-refractivity contribution >= 4 is 29.1 Å². The van der Waals surface area contributed by atoms with Crippen LogP contribution in [0, 0.1) is 0 Å². The molecule has 2 aromatic carbocycles. The third-order valence-electron chi connectivity index (χ3n) is 3.35. The van der Waals surface area contributed by atoms with Gasteiger partial charge in [-0.25, -0.2) is 0 Å². The fourth-order valence-electron chi connectivity index (χ4n) is 2.02. The average molecular weight is 329 g/mol. The van der Waals surface area contributed by atoms with Crippen molar-refractivity contribution in [1.82, 2.24) is 4.90 Å². The van der Waals surface area contributed by atoms with E-state index in [9.17, 15) is 4.79 Å². The van der Waals surface area contributed by atoms with Crippen LogP contribution in [0.3, 0.4) is 0 Å². The molecular weight excluding hydrogens is 308 g/mol. The minimum atomic E-state index is -0.0325. The molecule has 0 bridgehead atoms. The van der Waals surface area contributed by atoms with Crippen LogP contribution in [0.2, 0.25) is 5.02 Å². The van der Waals surface area contributed by atoms with Crippen LogP contribution in [0.4, 0.5) is 5.69 Å². The number of likely N-dealkylation sites (N-methyl/N-ethyl adjacent to an activating group) is 1. The van der Waals surface area contributed by atoms with E-state index in [0.717, 1.165) is 24.3 Å². The summed E-state index contributed by atoms with van der Waals surface area (Å²) in [5.74, 6) is -0.0325. The smallest absolute Gasteiger partial charge is 0.185 e. The number of rotatable bonds is 7. The second kappa shape index (κ2) is 8.51. The Morgan fingerprint density at radius 1 is 1.09 bits per heavy atom. The molecule has 0 unspecified atom stereocenters. The van der Waals surface area contributed by atoms with Gasteiger partial charge in [-0.15, -0.1) is 0 Å². The molecule has 0 saturated carbocycles. The largest absolute Gasteiger partial charge is 0.384 e. The summed E-state index contributed by atoms with van der Waals surface area (Å²) in [6.07, 6.45) is 3.40. The van der Waals surface area contributed by atoms with Gasteiger partial charge >= 0.3 is 0 Å². The Morgan fingerprint density at radius 2 is 1.74 bits per heavy atom. The van der Waals surface area contributed by atoms with Gasteiger partial charge in [-0.05, 0) is 62.1 Å². The van der Waals surface area contributed by atoms with Crippen molar-refractivity contribution in [2.45, 2.75) is 0 Å². The molecule has 0 fully saturated rings. The molecule has 0 radical (unpaired) electrons. The molecule has 0 amide bonds. The first kappa shape index (κ1) is 17.3. The maximum absolute atomic E-state index is 12.1. The van der Waals surface area contributed by atoms with Gasteiger partial charge in [0.15, 0.2) is 5.78 Å². The Kier molecular flexibility index (Phi) is 6.39. The zero-order valence-electron chi connectivity index (χ0n) is 13.4. The molecule has 0 heterocycles. The van der Waals surface area contributed by atoms with Crippen molar-refractivity contribution in [2.75, 3.05) is 32.5 Å². The van der Waals surface area contributed by atoms with Gasteiger partial charge in [-0.2, -0.15) is 0 Å². The second-order valence-electron chi connectivity index (χ2n) is 5.56. The Balaban J connectivity index is 1.92. The van der Waals surface area contributed by atoms with Gasteiger partial charge in [0, 0.05) is 29.4 Å². The predicted molar refractivity (Wildman–Crippen MR) is 98.3 cm³/mol. The summed E-state index contributed by atoms with van der Waals surface area (Å²) in [5.41, 5.74) is 2.70. The minimum absolute atomic E-state index is 0.0325. The molecule has 0 aliphatic heterocycles. The number of ketones is 1. The maximum atomic E-state index is 12.1. The van der Waals surface area contributed by atoms with Crippen LogP contribution in [-0.4, -0.2) is 37.9 Å². The van der Waals surface area contributed by atoms with Crippen molar-refractivity contribution in [3.63, 3.8) is 0 Å². The lowest BCUT2D eigenvalue weighted by Crippen LogP contribution is -2.20. The summed E-state index contributed by atoms with van der Waals surface area (Å²) in [5, 5.41) is 3.98. The molecule has 120 valence electrons. The van der Waals surface area contributed by atoms with Crippen molar-refractivity contribution < 1.29 is 4.79 Å². The van der Waals surface area contributed by atoms with Crippen LogP contribution in [-0.2, 0) is 0 Å². The summed E-state index contributed by atoms with van der Waals surface area (Å²) in [4.78, 5) is 14.2. The quantitative estimate of drug-likeness (QED) is 0.610. The van der Waals surface area contributed by atoms with Gasteiger partial charge in [0.05, 0.1) is 0 Å². The predicted octanol–water partition coefficient (Wildman–Crippen LogP) is 4.21. The molecule has 4 heteroatoms. The first-order valence-corrected chi connectivity index (χ1v) is 7.89. The zero-order chi connectivity index (χ0) is 16.7. The van der Waals surface area contributed by atoms with Crippen molar-refractivity contribution in [1.29, 1.82) is 0 Å². The highest BCUT2D eigenvalue weighted by Gasteiger charge is 2.01. The van der Waals surface area contributed by atoms with Gasteiger partial charge in [-0.3, -0.25) is 4.79 Å². The number of hydrogen-bond acceptors (Lipinski definition) is 3. The first-order chi connectivity index (χ1) is 11.0. The summed E-state index contributed by atoms with van der Waals surface area (Å²) in [6, 6.07) is 14.9. The summed E-state index contributed by atoms with van der Waals surface area (Å²) in [7, 11) is 4.10. The topological polar surface area (TPSA) is 32.3 Å². The van der Waals surface area contributed by atoms with Gasteiger partial charge in [0.1, 0.15) is 0 Å². The number of allylic oxidation sites excluding steroid dienone is 1. The molecule has 2 aromatic rings. The number of carbonyl (C=O) groups is 1. The lowest BCUT2D eigenvalue weighted by atomic mass is 10.1. The molecule has 23 heavy (non-hydrogen) atoms. The molecule has 1 N–H and O–H groups in total. The number of anilines is 1. The molecule has 0 saturated heterocycles. The molecule has 0 atom stereocenters. The number of nitrogens with one attached hydrogen (secondary N) is 1. The Labute approximate surface area is 142 Å². The normalized spacial score (nSPS) is 11.1. The highest BCUT2D eigenvalue weighted by molar-refractivity contribution is 6.30. The summed E-state index contributed by atoms with van der Waals surface area (Å²) >= 11 is 5.82. The lowest BCUT2D eigenvalue weighted by Gasteiger charge is -2.11. The zero-order valence-corrected chi connectivity index (χ0v) is 14.2. The molecular formula is C19H21ClN2O. The number of hydrogen-bond donors (Lipinski definition) is 1. The monoisotopic (exact) mass is 328 g/mol. The van der Waals surface area contributed by atoms with Gasteiger partial charge in [-0.1, -0.05) is 29.8 Å². The van der Waals surface area contributed by atoms with Crippen molar-refractivity contribution in [2.24, 2.45) is 0 Å². The van der Waals surface area contributed by atoms with E-state index in [1.807, 2.05) is 44.4 Å². The maximum Gasteiger partial charge on any atom is 0.185 e. The summed E-state index contributed by atoms with van der Waals surface area (Å²) in [6.45, 7) is 1.88. The van der Waals surface area contributed by atoms with Crippen LogP contribution in [0.15, 0.2) is 54.6 Å². The lowest BCUT2D eigenvalue weighted by molar-refractivity contribution is 0.104.